The van der Waals surface area contributed by atoms with Gasteiger partial charge in [-0.05, 0) is 23.8 Å². The summed E-state index contributed by atoms with van der Waals surface area (Å²) in [6.45, 7) is 3.50. The van der Waals surface area contributed by atoms with Crippen molar-refractivity contribution in [3.63, 3.8) is 0 Å². The third kappa shape index (κ3) is 4.82. The van der Waals surface area contributed by atoms with E-state index in [0.717, 1.165) is 23.6 Å². The number of benzene rings is 1. The Morgan fingerprint density at radius 3 is 2.79 bits per heavy atom. The molecule has 1 N–H and O–H groups in total. The van der Waals surface area contributed by atoms with Gasteiger partial charge in [-0.1, -0.05) is 35.3 Å². The first-order valence-electron chi connectivity index (χ1n) is 9.26. The molecule has 1 atom stereocenters. The molecule has 3 heterocycles. The lowest BCUT2D eigenvalue weighted by molar-refractivity contribution is -0.116. The Balaban J connectivity index is 1.45. The molecule has 0 bridgehead atoms. The standard InChI is InChI=1S/C20H20Cl2N4O2S/c21-15-3-1-14(2-4-15)17(25-7-10-28-11-8-25)13-23-18(27)6-5-16-19(22)24-20-26(16)9-12-29-20/h1-6,9,12,17H,7-8,10-11,13H2,(H,23,27)/b6-5+. The molecule has 1 aromatic carbocycles. The number of halogens is 2. The second-order valence-electron chi connectivity index (χ2n) is 6.64. The quantitative estimate of drug-likeness (QED) is 0.578. The number of aromatic nitrogens is 2. The number of hydrogen-bond donors (Lipinski definition) is 1. The minimum Gasteiger partial charge on any atom is -0.379 e. The number of carbonyl (C=O) groups is 1. The first kappa shape index (κ1) is 20.4. The molecular formula is C20H20Cl2N4O2S. The molecule has 0 aliphatic carbocycles. The van der Waals surface area contributed by atoms with Crippen molar-refractivity contribution in [2.75, 3.05) is 32.8 Å². The Kier molecular flexibility index (Phi) is 6.52. The average Bonchev–Trinajstić information content (AvgIpc) is 3.29. The van der Waals surface area contributed by atoms with E-state index in [-0.39, 0.29) is 11.9 Å². The van der Waals surface area contributed by atoms with E-state index in [1.165, 1.54) is 17.4 Å². The van der Waals surface area contributed by atoms with Gasteiger partial charge in [0.25, 0.3) is 0 Å². The molecule has 9 heteroatoms. The van der Waals surface area contributed by atoms with E-state index in [0.29, 0.717) is 35.6 Å². The van der Waals surface area contributed by atoms with Crippen LogP contribution in [0.2, 0.25) is 10.2 Å². The smallest absolute Gasteiger partial charge is 0.244 e. The maximum Gasteiger partial charge on any atom is 0.244 e. The second-order valence-corrected chi connectivity index (χ2v) is 8.31. The van der Waals surface area contributed by atoms with E-state index in [4.69, 9.17) is 27.9 Å². The van der Waals surface area contributed by atoms with Crippen molar-refractivity contribution in [1.29, 1.82) is 0 Å². The molecule has 0 radical (unpaired) electrons. The third-order valence-electron chi connectivity index (χ3n) is 4.86. The van der Waals surface area contributed by atoms with E-state index in [1.807, 2.05) is 40.2 Å². The molecule has 2 aromatic heterocycles. The maximum absolute atomic E-state index is 12.5. The minimum absolute atomic E-state index is 0.0515. The van der Waals surface area contributed by atoms with Gasteiger partial charge in [0.05, 0.1) is 24.9 Å². The number of nitrogens with one attached hydrogen (secondary N) is 1. The van der Waals surface area contributed by atoms with Gasteiger partial charge in [-0.2, -0.15) is 0 Å². The van der Waals surface area contributed by atoms with E-state index in [2.05, 4.69) is 15.2 Å². The summed E-state index contributed by atoms with van der Waals surface area (Å²) in [6, 6.07) is 7.81. The zero-order valence-electron chi connectivity index (χ0n) is 15.6. The summed E-state index contributed by atoms with van der Waals surface area (Å²) in [4.78, 5) is 19.8. The predicted octanol–water partition coefficient (Wildman–Crippen LogP) is 3.91. The number of rotatable bonds is 6. The third-order valence-corrected chi connectivity index (χ3v) is 6.14. The van der Waals surface area contributed by atoms with Crippen LogP contribution in [0.15, 0.2) is 41.9 Å². The van der Waals surface area contributed by atoms with Crippen LogP contribution in [0.25, 0.3) is 11.0 Å². The van der Waals surface area contributed by atoms with Crippen LogP contribution in [-0.4, -0.2) is 53.0 Å². The van der Waals surface area contributed by atoms with Crippen LogP contribution in [0.5, 0.6) is 0 Å². The van der Waals surface area contributed by atoms with E-state index in [1.54, 1.807) is 6.08 Å². The summed E-state index contributed by atoms with van der Waals surface area (Å²) in [5.74, 6) is -0.182. The fraction of sp³-hybridized carbons (Fsp3) is 0.300. The number of imidazole rings is 1. The maximum atomic E-state index is 12.5. The van der Waals surface area contributed by atoms with Gasteiger partial charge in [-0.3, -0.25) is 14.1 Å². The number of thiazole rings is 1. The molecule has 6 nitrogen and oxygen atoms in total. The molecule has 152 valence electrons. The zero-order valence-corrected chi connectivity index (χ0v) is 17.9. The number of hydrogen-bond acceptors (Lipinski definition) is 5. The number of amides is 1. The molecule has 1 saturated heterocycles. The van der Waals surface area contributed by atoms with Gasteiger partial charge in [0, 0.05) is 42.3 Å². The molecule has 1 fully saturated rings. The topological polar surface area (TPSA) is 58.9 Å². The summed E-state index contributed by atoms with van der Waals surface area (Å²) in [5, 5.41) is 6.01. The van der Waals surface area contributed by atoms with Crippen molar-refractivity contribution >= 4 is 51.5 Å². The lowest BCUT2D eigenvalue weighted by Gasteiger charge is -2.34. The number of ether oxygens (including phenoxy) is 1. The lowest BCUT2D eigenvalue weighted by Crippen LogP contribution is -2.43. The largest absolute Gasteiger partial charge is 0.379 e. The van der Waals surface area contributed by atoms with Gasteiger partial charge in [-0.25, -0.2) is 4.98 Å². The van der Waals surface area contributed by atoms with Crippen molar-refractivity contribution in [2.45, 2.75) is 6.04 Å². The molecular weight excluding hydrogens is 431 g/mol. The Bertz CT molecular complexity index is 1010. The first-order chi connectivity index (χ1) is 14.1. The van der Waals surface area contributed by atoms with Gasteiger partial charge in [0.2, 0.25) is 5.91 Å². The van der Waals surface area contributed by atoms with Gasteiger partial charge in [0.15, 0.2) is 10.1 Å². The molecule has 3 aromatic rings. The van der Waals surface area contributed by atoms with Crippen LogP contribution in [0.3, 0.4) is 0 Å². The van der Waals surface area contributed by atoms with E-state index >= 15 is 0 Å². The Morgan fingerprint density at radius 2 is 2.03 bits per heavy atom. The summed E-state index contributed by atoms with van der Waals surface area (Å²) >= 11 is 13.7. The highest BCUT2D eigenvalue weighted by molar-refractivity contribution is 7.15. The van der Waals surface area contributed by atoms with E-state index in [9.17, 15) is 4.79 Å². The highest BCUT2D eigenvalue weighted by atomic mass is 35.5. The first-order valence-corrected chi connectivity index (χ1v) is 10.9. The predicted molar refractivity (Wildman–Crippen MR) is 117 cm³/mol. The summed E-state index contributed by atoms with van der Waals surface area (Å²) < 4.78 is 7.33. The zero-order chi connectivity index (χ0) is 20.2. The summed E-state index contributed by atoms with van der Waals surface area (Å²) in [7, 11) is 0. The monoisotopic (exact) mass is 450 g/mol. The molecule has 1 aliphatic rings. The van der Waals surface area contributed by atoms with Crippen molar-refractivity contribution in [2.24, 2.45) is 0 Å². The molecule has 29 heavy (non-hydrogen) atoms. The molecule has 1 amide bonds. The molecule has 1 aliphatic heterocycles. The molecule has 0 spiro atoms. The minimum atomic E-state index is -0.182. The highest BCUT2D eigenvalue weighted by Gasteiger charge is 2.23. The van der Waals surface area contributed by atoms with Crippen molar-refractivity contribution < 1.29 is 9.53 Å². The van der Waals surface area contributed by atoms with Gasteiger partial charge in [0.1, 0.15) is 0 Å². The summed E-state index contributed by atoms with van der Waals surface area (Å²) in [6.07, 6.45) is 5.06. The van der Waals surface area contributed by atoms with Crippen molar-refractivity contribution in [3.05, 3.63) is 63.4 Å². The number of nitrogens with zero attached hydrogens (tertiary/aromatic N) is 3. The van der Waals surface area contributed by atoms with Gasteiger partial charge in [-0.15, -0.1) is 11.3 Å². The van der Waals surface area contributed by atoms with Crippen molar-refractivity contribution in [3.8, 4) is 0 Å². The fourth-order valence-corrected chi connectivity index (χ4v) is 4.50. The number of morpholine rings is 1. The van der Waals surface area contributed by atoms with Crippen LogP contribution >= 0.6 is 34.5 Å². The van der Waals surface area contributed by atoms with Crippen LogP contribution < -0.4 is 5.32 Å². The normalized spacial score (nSPS) is 16.5. The fourth-order valence-electron chi connectivity index (χ4n) is 3.37. The Labute approximate surface area is 182 Å². The number of carbonyl (C=O) groups excluding carboxylic acids is 1. The van der Waals surface area contributed by atoms with Gasteiger partial charge < -0.3 is 10.1 Å². The van der Waals surface area contributed by atoms with Crippen LogP contribution in [-0.2, 0) is 9.53 Å². The van der Waals surface area contributed by atoms with Gasteiger partial charge >= 0.3 is 0 Å². The lowest BCUT2D eigenvalue weighted by atomic mass is 10.0. The molecule has 1 unspecified atom stereocenters. The van der Waals surface area contributed by atoms with Crippen LogP contribution in [0, 0.1) is 0 Å². The Hall–Kier alpha value is -1.90. The molecule has 4 rings (SSSR count). The van der Waals surface area contributed by atoms with Crippen molar-refractivity contribution in [1.82, 2.24) is 19.6 Å². The summed E-state index contributed by atoms with van der Waals surface area (Å²) in [5.41, 5.74) is 1.81. The average molecular weight is 451 g/mol. The second kappa shape index (κ2) is 9.28. The highest BCUT2D eigenvalue weighted by Crippen LogP contribution is 2.24. The number of fused-ring (bicyclic) bond motifs is 1. The van der Waals surface area contributed by atoms with E-state index < -0.39 is 0 Å². The SMILES string of the molecule is O=C(/C=C/c1c(Cl)nc2sccn12)NCC(c1ccc(Cl)cc1)N1CCOCC1. The van der Waals surface area contributed by atoms with Crippen LogP contribution in [0.1, 0.15) is 17.3 Å². The van der Waals surface area contributed by atoms with Crippen LogP contribution in [0.4, 0.5) is 0 Å². The molecule has 0 saturated carbocycles. The Morgan fingerprint density at radius 1 is 1.28 bits per heavy atom.